The number of ether oxygens (including phenoxy) is 2. The zero-order valence-electron chi connectivity index (χ0n) is 18.7. The molecule has 3 aromatic rings. The fourth-order valence-electron chi connectivity index (χ4n) is 4.56. The minimum atomic E-state index is -0.265. The van der Waals surface area contributed by atoms with Crippen LogP contribution < -0.4 is 14.8 Å². The first-order valence-electron chi connectivity index (χ1n) is 11.2. The summed E-state index contributed by atoms with van der Waals surface area (Å²) in [4.78, 5) is 31.8. The Morgan fingerprint density at radius 2 is 2.00 bits per heavy atom. The SMILES string of the molecule is COc1ccc2cc1Oc1cc(ccc1O)CCC(=O)N[C@@H]1CN(C(=O)c3ccccn3)C[C@@H]21. The second kappa shape index (κ2) is 9.05. The number of nitrogens with zero attached hydrogens (tertiary/aromatic N) is 2. The molecule has 2 aliphatic heterocycles. The molecule has 1 aromatic heterocycles. The van der Waals surface area contributed by atoms with Crippen molar-refractivity contribution in [3.63, 3.8) is 0 Å². The predicted molar refractivity (Wildman–Crippen MR) is 124 cm³/mol. The summed E-state index contributed by atoms with van der Waals surface area (Å²) in [5.41, 5.74) is 2.13. The van der Waals surface area contributed by atoms with E-state index in [1.807, 2.05) is 12.1 Å². The Kier molecular flexibility index (Phi) is 5.79. The highest BCUT2D eigenvalue weighted by Gasteiger charge is 2.38. The van der Waals surface area contributed by atoms with E-state index in [1.165, 1.54) is 0 Å². The molecule has 8 heteroatoms. The number of carbonyl (C=O) groups excluding carboxylic acids is 2. The molecule has 1 saturated heterocycles. The van der Waals surface area contributed by atoms with Crippen LogP contribution in [0, 0.1) is 0 Å². The van der Waals surface area contributed by atoms with Crippen molar-refractivity contribution in [2.24, 2.45) is 0 Å². The van der Waals surface area contributed by atoms with Crippen LogP contribution >= 0.6 is 0 Å². The highest BCUT2D eigenvalue weighted by atomic mass is 16.5. The first-order valence-corrected chi connectivity index (χ1v) is 11.2. The Morgan fingerprint density at radius 1 is 1.12 bits per heavy atom. The highest BCUT2D eigenvalue weighted by Crippen LogP contribution is 2.40. The molecule has 0 unspecified atom stereocenters. The minimum absolute atomic E-state index is 0.00130. The van der Waals surface area contributed by atoms with Crippen molar-refractivity contribution in [2.75, 3.05) is 20.2 Å². The smallest absolute Gasteiger partial charge is 0.272 e. The third-order valence-electron chi connectivity index (χ3n) is 6.34. The van der Waals surface area contributed by atoms with E-state index < -0.39 is 0 Å². The molecule has 34 heavy (non-hydrogen) atoms. The number of carbonyl (C=O) groups is 2. The molecule has 1 fully saturated rings. The summed E-state index contributed by atoms with van der Waals surface area (Å²) in [5.74, 6) is 0.847. The number of likely N-dealkylation sites (tertiary alicyclic amines) is 1. The van der Waals surface area contributed by atoms with E-state index >= 15 is 0 Å². The quantitative estimate of drug-likeness (QED) is 0.610. The molecule has 4 bridgehead atoms. The molecule has 0 radical (unpaired) electrons. The van der Waals surface area contributed by atoms with Gasteiger partial charge in [0.15, 0.2) is 23.0 Å². The number of hydrogen-bond donors (Lipinski definition) is 2. The normalized spacial score (nSPS) is 19.6. The molecule has 0 aliphatic carbocycles. The van der Waals surface area contributed by atoms with Crippen LogP contribution in [0.1, 0.15) is 34.0 Å². The molecular formula is C26H25N3O5. The van der Waals surface area contributed by atoms with Crippen LogP contribution in [0.15, 0.2) is 60.8 Å². The van der Waals surface area contributed by atoms with Crippen LogP contribution in [-0.4, -0.2) is 53.0 Å². The summed E-state index contributed by atoms with van der Waals surface area (Å²) in [6.07, 6.45) is 2.36. The third kappa shape index (κ3) is 4.26. The fraction of sp³-hybridized carbons (Fsp3) is 0.269. The Morgan fingerprint density at radius 3 is 2.79 bits per heavy atom. The van der Waals surface area contributed by atoms with E-state index in [2.05, 4.69) is 10.3 Å². The van der Waals surface area contributed by atoms with Gasteiger partial charge in [0.1, 0.15) is 5.69 Å². The van der Waals surface area contributed by atoms with E-state index in [0.717, 1.165) is 11.1 Å². The molecule has 0 spiro atoms. The van der Waals surface area contributed by atoms with Gasteiger partial charge in [-0.15, -0.1) is 0 Å². The third-order valence-corrected chi connectivity index (χ3v) is 6.34. The minimum Gasteiger partial charge on any atom is -0.504 e. The largest absolute Gasteiger partial charge is 0.504 e. The van der Waals surface area contributed by atoms with E-state index in [4.69, 9.17) is 9.47 Å². The van der Waals surface area contributed by atoms with Crippen LogP contribution in [0.5, 0.6) is 23.0 Å². The molecule has 8 nitrogen and oxygen atoms in total. The van der Waals surface area contributed by atoms with Crippen molar-refractivity contribution in [3.8, 4) is 23.0 Å². The molecular weight excluding hydrogens is 434 g/mol. The number of pyridine rings is 1. The van der Waals surface area contributed by atoms with Gasteiger partial charge in [-0.3, -0.25) is 14.6 Å². The lowest BCUT2D eigenvalue weighted by Crippen LogP contribution is -2.40. The number of amides is 2. The number of rotatable bonds is 2. The average Bonchev–Trinajstić information content (AvgIpc) is 3.27. The number of aryl methyl sites for hydroxylation is 1. The Bertz CT molecular complexity index is 1230. The second-order valence-corrected chi connectivity index (χ2v) is 8.52. The van der Waals surface area contributed by atoms with E-state index in [1.54, 1.807) is 60.7 Å². The van der Waals surface area contributed by atoms with Gasteiger partial charge in [0, 0.05) is 31.6 Å². The van der Waals surface area contributed by atoms with Crippen molar-refractivity contribution >= 4 is 11.8 Å². The maximum Gasteiger partial charge on any atom is 0.272 e. The Balaban J connectivity index is 1.53. The molecule has 2 atom stereocenters. The lowest BCUT2D eigenvalue weighted by atomic mass is 9.93. The number of hydrogen-bond acceptors (Lipinski definition) is 6. The summed E-state index contributed by atoms with van der Waals surface area (Å²) in [7, 11) is 1.55. The number of aromatic nitrogens is 1. The van der Waals surface area contributed by atoms with E-state index in [0.29, 0.717) is 42.5 Å². The number of methoxy groups -OCH3 is 1. The predicted octanol–water partition coefficient (Wildman–Crippen LogP) is 3.26. The molecule has 3 heterocycles. The van der Waals surface area contributed by atoms with Crippen molar-refractivity contribution in [3.05, 3.63) is 77.6 Å². The van der Waals surface area contributed by atoms with Crippen molar-refractivity contribution < 1.29 is 24.2 Å². The van der Waals surface area contributed by atoms with Crippen molar-refractivity contribution in [1.82, 2.24) is 15.2 Å². The molecule has 2 aromatic carbocycles. The molecule has 0 saturated carbocycles. The van der Waals surface area contributed by atoms with Crippen LogP contribution in [0.4, 0.5) is 0 Å². The number of fused-ring (bicyclic) bond motifs is 6. The average molecular weight is 460 g/mol. The van der Waals surface area contributed by atoms with Gasteiger partial charge in [-0.25, -0.2) is 0 Å². The Hall–Kier alpha value is -4.07. The monoisotopic (exact) mass is 459 g/mol. The summed E-state index contributed by atoms with van der Waals surface area (Å²) in [5, 5.41) is 13.5. The first-order chi connectivity index (χ1) is 16.5. The number of nitrogens with one attached hydrogen (secondary N) is 1. The lowest BCUT2D eigenvalue weighted by molar-refractivity contribution is -0.121. The molecule has 5 rings (SSSR count). The maximum atomic E-state index is 13.1. The summed E-state index contributed by atoms with van der Waals surface area (Å²) < 4.78 is 11.6. The van der Waals surface area contributed by atoms with Crippen LogP contribution in [0.2, 0.25) is 0 Å². The topological polar surface area (TPSA) is 101 Å². The van der Waals surface area contributed by atoms with E-state index in [-0.39, 0.29) is 35.9 Å². The van der Waals surface area contributed by atoms with Gasteiger partial charge in [-0.2, -0.15) is 0 Å². The van der Waals surface area contributed by atoms with Gasteiger partial charge in [-0.05, 0) is 53.9 Å². The van der Waals surface area contributed by atoms with E-state index in [9.17, 15) is 14.7 Å². The number of phenols is 1. The summed E-state index contributed by atoms with van der Waals surface area (Å²) in [6.45, 7) is 0.799. The van der Waals surface area contributed by atoms with Gasteiger partial charge in [-0.1, -0.05) is 18.2 Å². The molecule has 2 aliphatic rings. The van der Waals surface area contributed by atoms with Crippen molar-refractivity contribution in [2.45, 2.75) is 24.8 Å². The van der Waals surface area contributed by atoms with Crippen LogP contribution in [-0.2, 0) is 11.2 Å². The molecule has 2 amide bonds. The number of benzene rings is 2. The summed E-state index contributed by atoms with van der Waals surface area (Å²) in [6, 6.07) is 15.6. The Labute approximate surface area is 197 Å². The number of aromatic hydroxyl groups is 1. The lowest BCUT2D eigenvalue weighted by Gasteiger charge is -2.21. The van der Waals surface area contributed by atoms with Gasteiger partial charge in [0.05, 0.1) is 13.2 Å². The van der Waals surface area contributed by atoms with Gasteiger partial charge in [0.2, 0.25) is 5.91 Å². The maximum absolute atomic E-state index is 13.1. The standard InChI is InChI=1S/C26H25N3O5/c1-33-22-9-7-17-13-24(22)34-23-12-16(5-8-21(23)30)6-10-25(31)28-20-15-29(14-18(17)20)26(32)19-4-2-3-11-27-19/h2-5,7-9,11-13,18,20,30H,6,10,14-15H2,1H3,(H,28,31)/t18-,20+/m0/s1. The van der Waals surface area contributed by atoms with Crippen LogP contribution in [0.3, 0.4) is 0 Å². The summed E-state index contributed by atoms with van der Waals surface area (Å²) >= 11 is 0. The van der Waals surface area contributed by atoms with Gasteiger partial charge < -0.3 is 24.8 Å². The highest BCUT2D eigenvalue weighted by molar-refractivity contribution is 5.92. The zero-order valence-corrected chi connectivity index (χ0v) is 18.7. The second-order valence-electron chi connectivity index (χ2n) is 8.52. The molecule has 2 N–H and O–H groups in total. The van der Waals surface area contributed by atoms with Crippen LogP contribution in [0.25, 0.3) is 0 Å². The van der Waals surface area contributed by atoms with Gasteiger partial charge in [0.25, 0.3) is 5.91 Å². The fourth-order valence-corrected chi connectivity index (χ4v) is 4.56. The van der Waals surface area contributed by atoms with Gasteiger partial charge >= 0.3 is 0 Å². The van der Waals surface area contributed by atoms with Crippen molar-refractivity contribution in [1.29, 1.82) is 0 Å². The molecule has 174 valence electrons. The zero-order chi connectivity index (χ0) is 23.7. The number of phenolic OH excluding ortho intramolecular Hbond substituents is 1. The first kappa shape index (κ1) is 21.8.